The van der Waals surface area contributed by atoms with Gasteiger partial charge in [0.2, 0.25) is 10.0 Å². The summed E-state index contributed by atoms with van der Waals surface area (Å²) in [4.78, 5) is 0.0945. The van der Waals surface area contributed by atoms with E-state index in [4.69, 9.17) is 9.84 Å². The van der Waals surface area contributed by atoms with E-state index in [0.29, 0.717) is 12.1 Å². The van der Waals surface area contributed by atoms with Crippen LogP contribution >= 0.6 is 0 Å². The van der Waals surface area contributed by atoms with Crippen molar-refractivity contribution in [3.05, 3.63) is 23.8 Å². The summed E-state index contributed by atoms with van der Waals surface area (Å²) in [5.41, 5.74) is 0.541. The molecule has 0 unspecified atom stereocenters. The summed E-state index contributed by atoms with van der Waals surface area (Å²) < 4.78 is 31.7. The number of hydrogen-bond donors (Lipinski definition) is 1. The summed E-state index contributed by atoms with van der Waals surface area (Å²) in [6.45, 7) is 5.61. The molecule has 0 aliphatic carbocycles. The van der Waals surface area contributed by atoms with Gasteiger partial charge in [-0.1, -0.05) is 13.0 Å². The van der Waals surface area contributed by atoms with Crippen molar-refractivity contribution in [2.45, 2.75) is 38.3 Å². The second kappa shape index (κ2) is 6.36. The number of aliphatic hydroxyl groups is 1. The maximum absolute atomic E-state index is 12.6. The van der Waals surface area contributed by atoms with Crippen molar-refractivity contribution in [3.63, 3.8) is 0 Å². The summed E-state index contributed by atoms with van der Waals surface area (Å²) >= 11 is 0. The van der Waals surface area contributed by atoms with Gasteiger partial charge in [-0.3, -0.25) is 0 Å². The third kappa shape index (κ3) is 3.26. The van der Waals surface area contributed by atoms with Gasteiger partial charge < -0.3 is 9.84 Å². The molecule has 0 aromatic heterocycles. The Kier molecular flexibility index (Phi) is 5.34. The first-order chi connectivity index (χ1) is 8.88. The smallest absolute Gasteiger partial charge is 0.246 e. The van der Waals surface area contributed by atoms with Gasteiger partial charge in [0.05, 0.1) is 13.7 Å². The van der Waals surface area contributed by atoms with Crippen molar-refractivity contribution in [1.82, 2.24) is 4.31 Å². The highest BCUT2D eigenvalue weighted by atomic mass is 32.2. The zero-order valence-electron chi connectivity index (χ0n) is 11.8. The Morgan fingerprint density at radius 1 is 1.37 bits per heavy atom. The molecule has 0 spiro atoms. The van der Waals surface area contributed by atoms with E-state index in [2.05, 4.69) is 0 Å². The molecular formula is C13H21NO4S. The first kappa shape index (κ1) is 15.9. The van der Waals surface area contributed by atoms with Crippen molar-refractivity contribution in [3.8, 4) is 5.75 Å². The van der Waals surface area contributed by atoms with Gasteiger partial charge in [0.25, 0.3) is 0 Å². The van der Waals surface area contributed by atoms with Crippen LogP contribution in [-0.4, -0.2) is 37.5 Å². The second-order valence-electron chi connectivity index (χ2n) is 4.45. The monoisotopic (exact) mass is 287 g/mol. The Labute approximate surface area is 114 Å². The number of benzene rings is 1. The summed E-state index contributed by atoms with van der Waals surface area (Å²) in [5.74, 6) is 0.288. The molecule has 0 aliphatic rings. The average Bonchev–Trinajstić information content (AvgIpc) is 2.37. The molecule has 0 aliphatic heterocycles. The summed E-state index contributed by atoms with van der Waals surface area (Å²) in [6, 6.07) is 4.52. The molecule has 0 saturated carbocycles. The van der Waals surface area contributed by atoms with Gasteiger partial charge >= 0.3 is 0 Å². The molecular weight excluding hydrogens is 266 g/mol. The Hall–Kier alpha value is -1.11. The Bertz CT molecular complexity index is 525. The van der Waals surface area contributed by atoms with E-state index < -0.39 is 10.0 Å². The molecule has 0 radical (unpaired) electrons. The fourth-order valence-corrected chi connectivity index (χ4v) is 3.81. The number of rotatable bonds is 6. The van der Waals surface area contributed by atoms with Gasteiger partial charge in [-0.05, 0) is 31.5 Å². The van der Waals surface area contributed by atoms with Crippen LogP contribution in [0, 0.1) is 0 Å². The van der Waals surface area contributed by atoms with Crippen molar-refractivity contribution >= 4 is 10.0 Å². The molecule has 1 rings (SSSR count). The van der Waals surface area contributed by atoms with Crippen LogP contribution in [0.3, 0.4) is 0 Å². The molecule has 19 heavy (non-hydrogen) atoms. The summed E-state index contributed by atoms with van der Waals surface area (Å²) in [7, 11) is -2.20. The van der Waals surface area contributed by atoms with Crippen LogP contribution < -0.4 is 4.74 Å². The van der Waals surface area contributed by atoms with Crippen LogP contribution in [0.1, 0.15) is 26.3 Å². The zero-order valence-corrected chi connectivity index (χ0v) is 12.6. The highest BCUT2D eigenvalue weighted by molar-refractivity contribution is 7.89. The first-order valence-electron chi connectivity index (χ1n) is 6.18. The summed E-state index contributed by atoms with van der Waals surface area (Å²) in [6.07, 6.45) is 0. The van der Waals surface area contributed by atoms with Crippen LogP contribution in [0.4, 0.5) is 0 Å². The third-order valence-electron chi connectivity index (χ3n) is 2.88. The quantitative estimate of drug-likeness (QED) is 0.863. The van der Waals surface area contributed by atoms with Crippen LogP contribution in [-0.2, 0) is 16.6 Å². The molecule has 0 amide bonds. The topological polar surface area (TPSA) is 66.8 Å². The van der Waals surface area contributed by atoms with Crippen LogP contribution in [0.25, 0.3) is 0 Å². The molecule has 5 nitrogen and oxygen atoms in total. The first-order valence-corrected chi connectivity index (χ1v) is 7.62. The molecule has 108 valence electrons. The number of nitrogens with zero attached hydrogens (tertiary/aromatic N) is 1. The number of methoxy groups -OCH3 is 1. The fourth-order valence-electron chi connectivity index (χ4n) is 1.96. The minimum absolute atomic E-state index is 0.0945. The van der Waals surface area contributed by atoms with Crippen LogP contribution in [0.2, 0.25) is 0 Å². The van der Waals surface area contributed by atoms with E-state index in [0.717, 1.165) is 0 Å². The molecule has 1 N–H and O–H groups in total. The van der Waals surface area contributed by atoms with Gasteiger partial charge in [0, 0.05) is 12.6 Å². The average molecular weight is 287 g/mol. The maximum atomic E-state index is 12.6. The van der Waals surface area contributed by atoms with Crippen LogP contribution in [0.15, 0.2) is 23.1 Å². The number of ether oxygens (including phenoxy) is 1. The molecule has 0 fully saturated rings. The van der Waals surface area contributed by atoms with Gasteiger partial charge in [-0.15, -0.1) is 0 Å². The number of aliphatic hydroxyl groups excluding tert-OH is 1. The Morgan fingerprint density at radius 2 is 2.00 bits per heavy atom. The minimum Gasteiger partial charge on any atom is -0.495 e. The van der Waals surface area contributed by atoms with E-state index in [-0.39, 0.29) is 23.3 Å². The largest absolute Gasteiger partial charge is 0.495 e. The highest BCUT2D eigenvalue weighted by Crippen LogP contribution is 2.28. The van der Waals surface area contributed by atoms with Gasteiger partial charge in [-0.25, -0.2) is 8.42 Å². The van der Waals surface area contributed by atoms with E-state index in [1.807, 2.05) is 13.8 Å². The van der Waals surface area contributed by atoms with Crippen molar-refractivity contribution < 1.29 is 18.3 Å². The number of sulfonamides is 1. The van der Waals surface area contributed by atoms with E-state index >= 15 is 0 Å². The van der Waals surface area contributed by atoms with Gasteiger partial charge in [0.1, 0.15) is 10.6 Å². The third-order valence-corrected chi connectivity index (χ3v) is 5.06. The van der Waals surface area contributed by atoms with Crippen molar-refractivity contribution in [2.75, 3.05) is 13.7 Å². The second-order valence-corrected chi connectivity index (χ2v) is 6.30. The lowest BCUT2D eigenvalue weighted by molar-refractivity contribution is 0.281. The van der Waals surface area contributed by atoms with E-state index in [1.165, 1.54) is 17.5 Å². The molecule has 1 aromatic rings. The van der Waals surface area contributed by atoms with E-state index in [9.17, 15) is 8.42 Å². The number of hydrogen-bond acceptors (Lipinski definition) is 4. The maximum Gasteiger partial charge on any atom is 0.246 e. The Balaban J connectivity index is 3.41. The fraction of sp³-hybridized carbons (Fsp3) is 0.538. The molecule has 6 heteroatoms. The lowest BCUT2D eigenvalue weighted by Gasteiger charge is -2.25. The summed E-state index contributed by atoms with van der Waals surface area (Å²) in [5, 5.41) is 9.15. The van der Waals surface area contributed by atoms with Crippen molar-refractivity contribution in [2.24, 2.45) is 0 Å². The zero-order chi connectivity index (χ0) is 14.6. The lowest BCUT2D eigenvalue weighted by atomic mass is 10.2. The Morgan fingerprint density at radius 3 is 2.42 bits per heavy atom. The minimum atomic E-state index is -3.63. The highest BCUT2D eigenvalue weighted by Gasteiger charge is 2.28. The predicted octanol–water partition coefficient (Wildman–Crippen LogP) is 1.61. The van der Waals surface area contributed by atoms with Crippen LogP contribution in [0.5, 0.6) is 5.75 Å². The van der Waals surface area contributed by atoms with E-state index in [1.54, 1.807) is 19.1 Å². The normalized spacial score (nSPS) is 12.2. The molecule has 0 saturated heterocycles. The van der Waals surface area contributed by atoms with Crippen molar-refractivity contribution in [1.29, 1.82) is 0 Å². The predicted molar refractivity (Wildman–Crippen MR) is 73.6 cm³/mol. The SMILES string of the molecule is CCN(C(C)C)S(=O)(=O)c1cc(CO)ccc1OC. The lowest BCUT2D eigenvalue weighted by Crippen LogP contribution is -2.36. The molecule has 0 bridgehead atoms. The molecule has 0 atom stereocenters. The van der Waals surface area contributed by atoms with Gasteiger partial charge in [-0.2, -0.15) is 4.31 Å². The molecule has 0 heterocycles. The standard InChI is InChI=1S/C13H21NO4S/c1-5-14(10(2)3)19(16,17)13-8-11(9-15)6-7-12(13)18-4/h6-8,10,15H,5,9H2,1-4H3. The van der Waals surface area contributed by atoms with Gasteiger partial charge in [0.15, 0.2) is 0 Å². The molecule has 1 aromatic carbocycles.